The molecule has 17 heavy (non-hydrogen) atoms. The first kappa shape index (κ1) is 12.3. The van der Waals surface area contributed by atoms with Gasteiger partial charge in [0, 0.05) is 10.7 Å². The Bertz CT molecular complexity index is 547. The first-order chi connectivity index (χ1) is 7.89. The van der Waals surface area contributed by atoms with E-state index in [0.29, 0.717) is 0 Å². The lowest BCUT2D eigenvalue weighted by Gasteiger charge is -2.03. The Balaban J connectivity index is 2.48. The van der Waals surface area contributed by atoms with Crippen LogP contribution in [-0.2, 0) is 9.05 Å². The van der Waals surface area contributed by atoms with Crippen molar-refractivity contribution in [1.82, 2.24) is 9.78 Å². The third-order valence-corrected chi connectivity index (χ3v) is 4.13. The van der Waals surface area contributed by atoms with Crippen molar-refractivity contribution < 1.29 is 13.3 Å². The molecule has 94 valence electrons. The summed E-state index contributed by atoms with van der Waals surface area (Å²) in [5, 5.41) is 14.4. The number of hydrogen-bond acceptors (Lipinski definition) is 5. The first-order valence-electron chi connectivity index (χ1n) is 5.08. The molecular formula is C8H10ClN3O4S. The van der Waals surface area contributed by atoms with Crippen LogP contribution in [0.3, 0.4) is 0 Å². The second-order valence-corrected chi connectivity index (χ2v) is 6.46. The van der Waals surface area contributed by atoms with E-state index in [-0.39, 0.29) is 6.04 Å². The summed E-state index contributed by atoms with van der Waals surface area (Å²) in [6.07, 6.45) is 4.88. The van der Waals surface area contributed by atoms with Gasteiger partial charge < -0.3 is 10.1 Å². The number of halogens is 1. The van der Waals surface area contributed by atoms with E-state index in [1.165, 1.54) is 4.68 Å². The molecule has 1 aromatic rings. The summed E-state index contributed by atoms with van der Waals surface area (Å²) in [5.74, 6) is -0.702. The van der Waals surface area contributed by atoms with Crippen LogP contribution in [0.5, 0.6) is 0 Å². The summed E-state index contributed by atoms with van der Waals surface area (Å²) < 4.78 is 23.7. The fraction of sp³-hybridized carbons (Fsp3) is 0.625. The molecule has 1 aliphatic rings. The van der Waals surface area contributed by atoms with E-state index in [9.17, 15) is 18.5 Å². The average molecular weight is 280 g/mol. The van der Waals surface area contributed by atoms with E-state index in [0.717, 1.165) is 31.9 Å². The van der Waals surface area contributed by atoms with Crippen LogP contribution < -0.4 is 0 Å². The smallest absolute Gasteiger partial charge is 0.358 e. The van der Waals surface area contributed by atoms with Gasteiger partial charge in [-0.05, 0) is 17.8 Å². The van der Waals surface area contributed by atoms with Crippen molar-refractivity contribution in [3.8, 4) is 0 Å². The largest absolute Gasteiger partial charge is 0.410 e. The second kappa shape index (κ2) is 4.26. The fourth-order valence-corrected chi connectivity index (χ4v) is 2.91. The van der Waals surface area contributed by atoms with Crippen LogP contribution in [0.25, 0.3) is 0 Å². The number of nitro groups is 1. The van der Waals surface area contributed by atoms with Gasteiger partial charge in [-0.15, -0.1) is 0 Å². The van der Waals surface area contributed by atoms with Crippen molar-refractivity contribution in [1.29, 1.82) is 0 Å². The molecule has 0 amide bonds. The molecule has 0 aliphatic heterocycles. The highest BCUT2D eigenvalue weighted by Crippen LogP contribution is 2.33. The fourth-order valence-electron chi connectivity index (χ4n) is 2.02. The molecule has 1 saturated carbocycles. The lowest BCUT2D eigenvalue weighted by Crippen LogP contribution is -2.05. The summed E-state index contributed by atoms with van der Waals surface area (Å²) >= 11 is 0. The van der Waals surface area contributed by atoms with Crippen molar-refractivity contribution >= 4 is 25.6 Å². The SMILES string of the molecule is O=[N+]([O-])c1nn(C2CCCC2)cc1S(=O)(=O)Cl. The molecule has 1 aliphatic carbocycles. The zero-order chi connectivity index (χ0) is 12.6. The van der Waals surface area contributed by atoms with Gasteiger partial charge in [0.2, 0.25) is 4.90 Å². The quantitative estimate of drug-likeness (QED) is 0.478. The second-order valence-electron chi connectivity index (χ2n) is 3.93. The van der Waals surface area contributed by atoms with E-state index in [4.69, 9.17) is 10.7 Å². The normalized spacial score (nSPS) is 17.5. The lowest BCUT2D eigenvalue weighted by molar-refractivity contribution is -0.392. The lowest BCUT2D eigenvalue weighted by atomic mass is 10.3. The maximum Gasteiger partial charge on any atom is 0.410 e. The molecule has 0 aromatic carbocycles. The van der Waals surface area contributed by atoms with Gasteiger partial charge >= 0.3 is 5.82 Å². The van der Waals surface area contributed by atoms with Gasteiger partial charge in [-0.2, -0.15) is 4.68 Å². The minimum Gasteiger partial charge on any atom is -0.358 e. The Morgan fingerprint density at radius 3 is 2.47 bits per heavy atom. The van der Waals surface area contributed by atoms with E-state index in [1.807, 2.05) is 0 Å². The molecule has 1 heterocycles. The molecule has 0 unspecified atom stereocenters. The highest BCUT2D eigenvalue weighted by Gasteiger charge is 2.32. The van der Waals surface area contributed by atoms with E-state index in [1.54, 1.807) is 0 Å². The molecule has 1 fully saturated rings. The van der Waals surface area contributed by atoms with Crippen LogP contribution in [-0.4, -0.2) is 23.1 Å². The van der Waals surface area contributed by atoms with Crippen LogP contribution in [0.1, 0.15) is 31.7 Å². The molecule has 1 aromatic heterocycles. The van der Waals surface area contributed by atoms with Crippen molar-refractivity contribution in [3.63, 3.8) is 0 Å². The maximum atomic E-state index is 11.2. The number of hydrogen-bond donors (Lipinski definition) is 0. The standard InChI is InChI=1S/C8H10ClN3O4S/c9-17(15,16)7-5-11(6-3-1-2-4-6)10-8(7)12(13)14/h5-6H,1-4H2. The Kier molecular flexibility index (Phi) is 3.09. The van der Waals surface area contributed by atoms with Gasteiger partial charge in [-0.1, -0.05) is 12.8 Å². The Morgan fingerprint density at radius 1 is 1.47 bits per heavy atom. The summed E-state index contributed by atoms with van der Waals surface area (Å²) in [7, 11) is 1.00. The topological polar surface area (TPSA) is 95.1 Å². The predicted octanol–water partition coefficient (Wildman–Crippen LogP) is 1.83. The van der Waals surface area contributed by atoms with Crippen LogP contribution in [0.2, 0.25) is 0 Å². The van der Waals surface area contributed by atoms with Crippen LogP contribution in [0, 0.1) is 10.1 Å². The molecule has 2 rings (SSSR count). The molecule has 0 bridgehead atoms. The zero-order valence-corrected chi connectivity index (χ0v) is 10.3. The molecule has 7 nitrogen and oxygen atoms in total. The van der Waals surface area contributed by atoms with Gasteiger partial charge in [0.05, 0.1) is 17.3 Å². The highest BCUT2D eigenvalue weighted by atomic mass is 35.7. The van der Waals surface area contributed by atoms with Crippen molar-refractivity contribution in [2.75, 3.05) is 0 Å². The summed E-state index contributed by atoms with van der Waals surface area (Å²) in [6.45, 7) is 0. The Labute approximate surface area is 102 Å². The van der Waals surface area contributed by atoms with Gasteiger partial charge in [0.25, 0.3) is 9.05 Å². The van der Waals surface area contributed by atoms with Gasteiger partial charge in [0.15, 0.2) is 0 Å². The van der Waals surface area contributed by atoms with Crippen molar-refractivity contribution in [3.05, 3.63) is 16.3 Å². The third kappa shape index (κ3) is 2.42. The average Bonchev–Trinajstić information content (AvgIpc) is 2.85. The monoisotopic (exact) mass is 279 g/mol. The summed E-state index contributed by atoms with van der Waals surface area (Å²) in [6, 6.07) is 0.0286. The number of rotatable bonds is 3. The Hall–Kier alpha value is -1.15. The van der Waals surface area contributed by atoms with Crippen LogP contribution >= 0.6 is 10.7 Å². The molecule has 0 saturated heterocycles. The van der Waals surface area contributed by atoms with Gasteiger partial charge in [-0.3, -0.25) is 0 Å². The highest BCUT2D eigenvalue weighted by molar-refractivity contribution is 8.13. The minimum absolute atomic E-state index is 0.0286. The minimum atomic E-state index is -4.14. The van der Waals surface area contributed by atoms with Gasteiger partial charge in [0.1, 0.15) is 0 Å². The molecule has 0 atom stereocenters. The predicted molar refractivity (Wildman–Crippen MR) is 59.4 cm³/mol. The molecule has 9 heteroatoms. The van der Waals surface area contributed by atoms with E-state index >= 15 is 0 Å². The molecule has 0 N–H and O–H groups in total. The van der Waals surface area contributed by atoms with Crippen LogP contribution in [0.15, 0.2) is 11.1 Å². The van der Waals surface area contributed by atoms with Crippen LogP contribution in [0.4, 0.5) is 5.82 Å². The molecule has 0 spiro atoms. The van der Waals surface area contributed by atoms with E-state index in [2.05, 4.69) is 5.10 Å². The maximum absolute atomic E-state index is 11.2. The summed E-state index contributed by atoms with van der Waals surface area (Å²) in [4.78, 5) is 9.34. The Morgan fingerprint density at radius 2 is 2.06 bits per heavy atom. The zero-order valence-electron chi connectivity index (χ0n) is 8.74. The molecular weight excluding hydrogens is 270 g/mol. The van der Waals surface area contributed by atoms with Crippen molar-refractivity contribution in [2.24, 2.45) is 0 Å². The molecule has 0 radical (unpaired) electrons. The van der Waals surface area contributed by atoms with Crippen molar-refractivity contribution in [2.45, 2.75) is 36.6 Å². The first-order valence-corrected chi connectivity index (χ1v) is 7.39. The van der Waals surface area contributed by atoms with E-state index < -0.39 is 24.7 Å². The number of nitrogens with zero attached hydrogens (tertiary/aromatic N) is 3. The van der Waals surface area contributed by atoms with Gasteiger partial charge in [-0.25, -0.2) is 8.42 Å². The third-order valence-electron chi connectivity index (χ3n) is 2.81. The number of aromatic nitrogens is 2. The summed E-state index contributed by atoms with van der Waals surface area (Å²) in [5.41, 5.74) is 0.